The highest BCUT2D eigenvalue weighted by atomic mass is 32.2. The van der Waals surface area contributed by atoms with Gasteiger partial charge in [0.15, 0.2) is 0 Å². The molecule has 0 unspecified atom stereocenters. The van der Waals surface area contributed by atoms with Crippen molar-refractivity contribution in [3.8, 4) is 0 Å². The van der Waals surface area contributed by atoms with Gasteiger partial charge in [-0.25, -0.2) is 12.7 Å². The molecule has 0 saturated heterocycles. The fourth-order valence-electron chi connectivity index (χ4n) is 1.45. The molecule has 0 radical (unpaired) electrons. The first kappa shape index (κ1) is 17.3. The van der Waals surface area contributed by atoms with Crippen molar-refractivity contribution >= 4 is 16.0 Å². The summed E-state index contributed by atoms with van der Waals surface area (Å²) >= 11 is 0. The molecule has 108 valence electrons. The number of hydrogen-bond acceptors (Lipinski definition) is 4. The van der Waals surface area contributed by atoms with Gasteiger partial charge in [-0.15, -0.1) is 0 Å². The molecular formula is C11H23NO5S. The van der Waals surface area contributed by atoms with Gasteiger partial charge in [0.2, 0.25) is 10.0 Å². The molecule has 0 aromatic rings. The number of nitrogens with zero attached hydrogens (tertiary/aromatic N) is 1. The van der Waals surface area contributed by atoms with Crippen LogP contribution in [0.25, 0.3) is 0 Å². The lowest BCUT2D eigenvalue weighted by Crippen LogP contribution is -2.36. The number of carboxylic acids is 1. The largest absolute Gasteiger partial charge is 0.481 e. The number of unbranched alkanes of at least 4 members (excludes halogenated alkanes) is 1. The van der Waals surface area contributed by atoms with Gasteiger partial charge in [-0.05, 0) is 12.8 Å². The molecule has 0 aromatic carbocycles. The van der Waals surface area contributed by atoms with Crippen LogP contribution in [0.4, 0.5) is 0 Å². The Labute approximate surface area is 109 Å². The topological polar surface area (TPSA) is 83.9 Å². The maximum Gasteiger partial charge on any atom is 0.304 e. The average Bonchev–Trinajstić information content (AvgIpc) is 2.30. The van der Waals surface area contributed by atoms with Crippen molar-refractivity contribution < 1.29 is 23.1 Å². The van der Waals surface area contributed by atoms with E-state index in [4.69, 9.17) is 9.84 Å². The second-order valence-electron chi connectivity index (χ2n) is 4.06. The average molecular weight is 281 g/mol. The maximum absolute atomic E-state index is 12.0. The van der Waals surface area contributed by atoms with Crippen LogP contribution in [0.2, 0.25) is 0 Å². The van der Waals surface area contributed by atoms with Gasteiger partial charge in [0.25, 0.3) is 0 Å². The Hall–Kier alpha value is -0.660. The standard InChI is InChI=1S/C11H23NO5S/c1-3-4-10-18(15,16)12(7-5-9-17-2)8-6-11(13)14/h3-10H2,1-2H3,(H,13,14). The van der Waals surface area contributed by atoms with E-state index in [0.717, 1.165) is 6.42 Å². The Bertz CT molecular complexity index is 328. The van der Waals surface area contributed by atoms with Crippen molar-refractivity contribution in [2.24, 2.45) is 0 Å². The van der Waals surface area contributed by atoms with E-state index in [2.05, 4.69) is 0 Å². The molecule has 0 amide bonds. The monoisotopic (exact) mass is 281 g/mol. The highest BCUT2D eigenvalue weighted by Gasteiger charge is 2.21. The molecule has 7 heteroatoms. The maximum atomic E-state index is 12.0. The summed E-state index contributed by atoms with van der Waals surface area (Å²) in [5.41, 5.74) is 0. The molecule has 0 aliphatic heterocycles. The molecule has 6 nitrogen and oxygen atoms in total. The Morgan fingerprint density at radius 1 is 1.28 bits per heavy atom. The van der Waals surface area contributed by atoms with Crippen molar-refractivity contribution in [3.63, 3.8) is 0 Å². The highest BCUT2D eigenvalue weighted by molar-refractivity contribution is 7.89. The minimum absolute atomic E-state index is 0.0328. The van der Waals surface area contributed by atoms with E-state index in [-0.39, 0.29) is 18.7 Å². The summed E-state index contributed by atoms with van der Waals surface area (Å²) in [4.78, 5) is 10.5. The summed E-state index contributed by atoms with van der Waals surface area (Å²) in [6.07, 6.45) is 1.79. The number of carboxylic acid groups (broad SMARTS) is 1. The predicted octanol–water partition coefficient (Wildman–Crippen LogP) is 0.929. The summed E-state index contributed by atoms with van der Waals surface area (Å²) in [5, 5.41) is 8.63. The zero-order valence-corrected chi connectivity index (χ0v) is 11.9. The van der Waals surface area contributed by atoms with Gasteiger partial charge < -0.3 is 9.84 Å². The number of aliphatic carboxylic acids is 1. The normalized spacial score (nSPS) is 11.9. The summed E-state index contributed by atoms with van der Waals surface area (Å²) < 4.78 is 30.1. The molecular weight excluding hydrogens is 258 g/mol. The minimum Gasteiger partial charge on any atom is -0.481 e. The van der Waals surface area contributed by atoms with Gasteiger partial charge in [0.05, 0.1) is 12.2 Å². The fraction of sp³-hybridized carbons (Fsp3) is 0.909. The van der Waals surface area contributed by atoms with Crippen LogP contribution in [0, 0.1) is 0 Å². The minimum atomic E-state index is -3.35. The zero-order chi connectivity index (χ0) is 14.0. The first-order valence-corrected chi connectivity index (χ1v) is 7.73. The SMILES string of the molecule is CCCCS(=O)(=O)N(CCCOC)CCC(=O)O. The molecule has 0 aliphatic rings. The van der Waals surface area contributed by atoms with E-state index >= 15 is 0 Å². The smallest absolute Gasteiger partial charge is 0.304 e. The number of hydrogen-bond donors (Lipinski definition) is 1. The molecule has 0 atom stereocenters. The fourth-order valence-corrected chi connectivity index (χ4v) is 3.14. The number of carbonyl (C=O) groups is 1. The van der Waals surface area contributed by atoms with E-state index in [1.807, 2.05) is 6.92 Å². The predicted molar refractivity (Wildman–Crippen MR) is 69.0 cm³/mol. The van der Waals surface area contributed by atoms with Crippen LogP contribution in [0.3, 0.4) is 0 Å². The lowest BCUT2D eigenvalue weighted by Gasteiger charge is -2.21. The lowest BCUT2D eigenvalue weighted by molar-refractivity contribution is -0.137. The Morgan fingerprint density at radius 2 is 1.94 bits per heavy atom. The Morgan fingerprint density at radius 3 is 2.44 bits per heavy atom. The molecule has 18 heavy (non-hydrogen) atoms. The zero-order valence-electron chi connectivity index (χ0n) is 11.1. The number of methoxy groups -OCH3 is 1. The van der Waals surface area contributed by atoms with Gasteiger partial charge in [-0.3, -0.25) is 4.79 Å². The van der Waals surface area contributed by atoms with Crippen molar-refractivity contribution in [2.75, 3.05) is 32.6 Å². The number of rotatable bonds is 11. The van der Waals surface area contributed by atoms with Crippen LogP contribution in [0.5, 0.6) is 0 Å². The lowest BCUT2D eigenvalue weighted by atomic mass is 10.4. The third-order valence-corrected chi connectivity index (χ3v) is 4.44. The molecule has 0 rings (SSSR count). The summed E-state index contributed by atoms with van der Waals surface area (Å²) in [6.45, 7) is 2.73. The number of sulfonamides is 1. The molecule has 0 spiro atoms. The van der Waals surface area contributed by atoms with E-state index in [1.54, 1.807) is 7.11 Å². The van der Waals surface area contributed by atoms with Crippen molar-refractivity contribution in [3.05, 3.63) is 0 Å². The van der Waals surface area contributed by atoms with E-state index in [0.29, 0.717) is 26.0 Å². The van der Waals surface area contributed by atoms with Gasteiger partial charge in [-0.2, -0.15) is 0 Å². The van der Waals surface area contributed by atoms with Crippen LogP contribution >= 0.6 is 0 Å². The molecule has 0 fully saturated rings. The van der Waals surface area contributed by atoms with Crippen LogP contribution < -0.4 is 0 Å². The summed E-state index contributed by atoms with van der Waals surface area (Å²) in [6, 6.07) is 0. The first-order valence-electron chi connectivity index (χ1n) is 6.12. The quantitative estimate of drug-likeness (QED) is 0.570. The van der Waals surface area contributed by atoms with Crippen LogP contribution in [0.15, 0.2) is 0 Å². The summed E-state index contributed by atoms with van der Waals surface area (Å²) in [7, 11) is -1.80. The van der Waals surface area contributed by atoms with Crippen LogP contribution in [-0.4, -0.2) is 56.4 Å². The second kappa shape index (κ2) is 9.29. The Kier molecular flexibility index (Phi) is 8.95. The third-order valence-electron chi connectivity index (χ3n) is 2.48. The summed E-state index contributed by atoms with van der Waals surface area (Å²) in [5.74, 6) is -0.909. The third kappa shape index (κ3) is 7.62. The van der Waals surface area contributed by atoms with Crippen molar-refractivity contribution in [2.45, 2.75) is 32.6 Å². The highest BCUT2D eigenvalue weighted by Crippen LogP contribution is 2.07. The van der Waals surface area contributed by atoms with E-state index in [1.165, 1.54) is 4.31 Å². The van der Waals surface area contributed by atoms with Crippen LogP contribution in [-0.2, 0) is 19.6 Å². The van der Waals surface area contributed by atoms with Gasteiger partial charge in [-0.1, -0.05) is 13.3 Å². The van der Waals surface area contributed by atoms with Gasteiger partial charge >= 0.3 is 5.97 Å². The molecule has 0 heterocycles. The first-order chi connectivity index (χ1) is 8.44. The van der Waals surface area contributed by atoms with Gasteiger partial charge in [0.1, 0.15) is 0 Å². The van der Waals surface area contributed by atoms with E-state index < -0.39 is 16.0 Å². The molecule has 1 N–H and O–H groups in total. The Balaban J connectivity index is 4.46. The van der Waals surface area contributed by atoms with E-state index in [9.17, 15) is 13.2 Å². The van der Waals surface area contributed by atoms with Crippen molar-refractivity contribution in [1.82, 2.24) is 4.31 Å². The van der Waals surface area contributed by atoms with Crippen LogP contribution in [0.1, 0.15) is 32.6 Å². The molecule has 0 bridgehead atoms. The van der Waals surface area contributed by atoms with Crippen molar-refractivity contribution in [1.29, 1.82) is 0 Å². The number of ether oxygens (including phenoxy) is 1. The molecule has 0 aromatic heterocycles. The molecule has 0 aliphatic carbocycles. The second-order valence-corrected chi connectivity index (χ2v) is 6.15. The van der Waals surface area contributed by atoms with Gasteiger partial charge in [0, 0.05) is 26.8 Å². The molecule has 0 saturated carbocycles.